The first-order chi connectivity index (χ1) is 10.8. The summed E-state index contributed by atoms with van der Waals surface area (Å²) in [5, 5.41) is 4.09. The van der Waals surface area contributed by atoms with E-state index in [4.69, 9.17) is 11.6 Å². The summed E-state index contributed by atoms with van der Waals surface area (Å²) in [5.74, 6) is 0. The Labute approximate surface area is 137 Å². The van der Waals surface area contributed by atoms with E-state index in [2.05, 4.69) is 45.5 Å². The Morgan fingerprint density at radius 1 is 1.09 bits per heavy atom. The number of pyridine rings is 1. The SMILES string of the molecule is Clc1ncccc1NC1CCN(CCc2ccccc2)CC1. The molecule has 22 heavy (non-hydrogen) atoms. The number of piperidine rings is 1. The average Bonchev–Trinajstić information content (AvgIpc) is 2.57. The molecule has 0 spiro atoms. The minimum atomic E-state index is 0.495. The third-order valence-electron chi connectivity index (χ3n) is 4.27. The van der Waals surface area contributed by atoms with Gasteiger partial charge in [0.05, 0.1) is 5.69 Å². The van der Waals surface area contributed by atoms with Crippen molar-refractivity contribution in [1.29, 1.82) is 0 Å². The van der Waals surface area contributed by atoms with Gasteiger partial charge in [-0.3, -0.25) is 0 Å². The van der Waals surface area contributed by atoms with Crippen molar-refractivity contribution in [2.75, 3.05) is 25.0 Å². The van der Waals surface area contributed by atoms with Gasteiger partial charge in [0.25, 0.3) is 0 Å². The molecule has 116 valence electrons. The van der Waals surface area contributed by atoms with Crippen molar-refractivity contribution in [3.8, 4) is 0 Å². The minimum Gasteiger partial charge on any atom is -0.380 e. The molecule has 1 aliphatic heterocycles. The molecule has 3 rings (SSSR count). The number of hydrogen-bond acceptors (Lipinski definition) is 3. The quantitative estimate of drug-likeness (QED) is 0.849. The van der Waals surface area contributed by atoms with E-state index >= 15 is 0 Å². The van der Waals surface area contributed by atoms with Gasteiger partial charge < -0.3 is 10.2 Å². The molecular weight excluding hydrogens is 294 g/mol. The Morgan fingerprint density at radius 2 is 1.86 bits per heavy atom. The average molecular weight is 316 g/mol. The Bertz CT molecular complexity index is 580. The van der Waals surface area contributed by atoms with Crippen LogP contribution in [0, 0.1) is 0 Å². The zero-order valence-corrected chi connectivity index (χ0v) is 13.5. The molecule has 0 bridgehead atoms. The van der Waals surface area contributed by atoms with Gasteiger partial charge >= 0.3 is 0 Å². The maximum Gasteiger partial charge on any atom is 0.152 e. The molecule has 4 heteroatoms. The first kappa shape index (κ1) is 15.3. The second kappa shape index (κ2) is 7.61. The van der Waals surface area contributed by atoms with E-state index in [1.54, 1.807) is 6.20 Å². The molecule has 1 aromatic heterocycles. The zero-order valence-electron chi connectivity index (χ0n) is 12.7. The summed E-state index contributed by atoms with van der Waals surface area (Å²) in [5.41, 5.74) is 2.37. The number of anilines is 1. The predicted molar refractivity (Wildman–Crippen MR) is 92.5 cm³/mol. The van der Waals surface area contributed by atoms with Crippen LogP contribution in [0.1, 0.15) is 18.4 Å². The van der Waals surface area contributed by atoms with Gasteiger partial charge in [0.2, 0.25) is 0 Å². The van der Waals surface area contributed by atoms with Crippen molar-refractivity contribution in [3.63, 3.8) is 0 Å². The molecule has 2 heterocycles. The molecule has 1 aliphatic rings. The third-order valence-corrected chi connectivity index (χ3v) is 4.57. The van der Waals surface area contributed by atoms with Crippen LogP contribution in [0.3, 0.4) is 0 Å². The fourth-order valence-electron chi connectivity index (χ4n) is 2.95. The molecule has 0 atom stereocenters. The fraction of sp³-hybridized carbons (Fsp3) is 0.389. The lowest BCUT2D eigenvalue weighted by atomic mass is 10.0. The van der Waals surface area contributed by atoms with Crippen LogP contribution in [0.2, 0.25) is 5.15 Å². The number of halogens is 1. The van der Waals surface area contributed by atoms with Crippen molar-refractivity contribution in [3.05, 3.63) is 59.4 Å². The fourth-order valence-corrected chi connectivity index (χ4v) is 3.12. The van der Waals surface area contributed by atoms with Gasteiger partial charge in [-0.2, -0.15) is 0 Å². The Kier molecular flexibility index (Phi) is 5.30. The summed E-state index contributed by atoms with van der Waals surface area (Å²) >= 11 is 6.11. The van der Waals surface area contributed by atoms with E-state index < -0.39 is 0 Å². The lowest BCUT2D eigenvalue weighted by molar-refractivity contribution is 0.221. The molecule has 0 radical (unpaired) electrons. The molecule has 1 fully saturated rings. The van der Waals surface area contributed by atoms with Crippen LogP contribution in [-0.2, 0) is 6.42 Å². The van der Waals surface area contributed by atoms with Crippen LogP contribution < -0.4 is 5.32 Å². The van der Waals surface area contributed by atoms with Crippen LogP contribution in [-0.4, -0.2) is 35.6 Å². The summed E-state index contributed by atoms with van der Waals surface area (Å²) in [6, 6.07) is 15.1. The topological polar surface area (TPSA) is 28.2 Å². The van der Waals surface area contributed by atoms with Crippen molar-refractivity contribution in [2.45, 2.75) is 25.3 Å². The van der Waals surface area contributed by atoms with Crippen molar-refractivity contribution in [1.82, 2.24) is 9.88 Å². The first-order valence-corrected chi connectivity index (χ1v) is 8.32. The van der Waals surface area contributed by atoms with Crippen LogP contribution in [0.4, 0.5) is 5.69 Å². The molecule has 0 saturated carbocycles. The summed E-state index contributed by atoms with van der Waals surface area (Å²) in [6.07, 6.45) is 5.16. The van der Waals surface area contributed by atoms with Crippen LogP contribution >= 0.6 is 11.6 Å². The number of benzene rings is 1. The smallest absolute Gasteiger partial charge is 0.152 e. The van der Waals surface area contributed by atoms with Gasteiger partial charge in [-0.05, 0) is 37.0 Å². The van der Waals surface area contributed by atoms with Gasteiger partial charge in [0.15, 0.2) is 5.15 Å². The number of likely N-dealkylation sites (tertiary alicyclic amines) is 1. The molecule has 3 nitrogen and oxygen atoms in total. The molecule has 1 N–H and O–H groups in total. The molecule has 1 aromatic carbocycles. The normalized spacial score (nSPS) is 16.6. The zero-order chi connectivity index (χ0) is 15.2. The lowest BCUT2D eigenvalue weighted by Crippen LogP contribution is -2.40. The summed E-state index contributed by atoms with van der Waals surface area (Å²) in [6.45, 7) is 3.43. The minimum absolute atomic E-state index is 0.495. The molecule has 0 unspecified atom stereocenters. The Balaban J connectivity index is 1.44. The first-order valence-electron chi connectivity index (χ1n) is 7.94. The van der Waals surface area contributed by atoms with E-state index in [1.165, 1.54) is 5.56 Å². The van der Waals surface area contributed by atoms with Gasteiger partial charge in [0.1, 0.15) is 0 Å². The van der Waals surface area contributed by atoms with Crippen molar-refractivity contribution in [2.24, 2.45) is 0 Å². The highest BCUT2D eigenvalue weighted by atomic mass is 35.5. The van der Waals surface area contributed by atoms with Gasteiger partial charge in [0, 0.05) is 31.9 Å². The highest BCUT2D eigenvalue weighted by molar-refractivity contribution is 6.31. The van der Waals surface area contributed by atoms with Crippen LogP contribution in [0.25, 0.3) is 0 Å². The molecular formula is C18H22ClN3. The number of aromatic nitrogens is 1. The van der Waals surface area contributed by atoms with Gasteiger partial charge in [-0.1, -0.05) is 41.9 Å². The van der Waals surface area contributed by atoms with Crippen molar-refractivity contribution < 1.29 is 0 Å². The van der Waals surface area contributed by atoms with E-state index in [0.29, 0.717) is 11.2 Å². The van der Waals surface area contributed by atoms with Crippen molar-refractivity contribution >= 4 is 17.3 Å². The second-order valence-corrected chi connectivity index (χ2v) is 6.20. The van der Waals surface area contributed by atoms with E-state index in [9.17, 15) is 0 Å². The lowest BCUT2D eigenvalue weighted by Gasteiger charge is -2.33. The Morgan fingerprint density at radius 3 is 2.59 bits per heavy atom. The highest BCUT2D eigenvalue weighted by Crippen LogP contribution is 2.22. The molecule has 2 aromatic rings. The maximum atomic E-state index is 6.11. The number of nitrogens with one attached hydrogen (secondary N) is 1. The van der Waals surface area contributed by atoms with E-state index in [-0.39, 0.29) is 0 Å². The third kappa shape index (κ3) is 4.21. The second-order valence-electron chi connectivity index (χ2n) is 5.84. The van der Waals surface area contributed by atoms with E-state index in [1.807, 2.05) is 12.1 Å². The Hall–Kier alpha value is -1.58. The molecule has 1 saturated heterocycles. The summed E-state index contributed by atoms with van der Waals surface area (Å²) in [4.78, 5) is 6.67. The van der Waals surface area contributed by atoms with Gasteiger partial charge in [-0.15, -0.1) is 0 Å². The van der Waals surface area contributed by atoms with E-state index in [0.717, 1.165) is 44.6 Å². The molecule has 0 amide bonds. The summed E-state index contributed by atoms with van der Waals surface area (Å²) < 4.78 is 0. The van der Waals surface area contributed by atoms with Crippen LogP contribution in [0.15, 0.2) is 48.7 Å². The van der Waals surface area contributed by atoms with Gasteiger partial charge in [-0.25, -0.2) is 4.98 Å². The van der Waals surface area contributed by atoms with Crippen LogP contribution in [0.5, 0.6) is 0 Å². The number of hydrogen-bond donors (Lipinski definition) is 1. The largest absolute Gasteiger partial charge is 0.380 e. The number of rotatable bonds is 5. The maximum absolute atomic E-state index is 6.11. The predicted octanol–water partition coefficient (Wildman–Crippen LogP) is 3.85. The standard InChI is InChI=1S/C18H22ClN3/c19-18-17(7-4-11-20-18)21-16-9-13-22(14-10-16)12-8-15-5-2-1-3-6-15/h1-7,11,16,21H,8-10,12-14H2. The number of nitrogens with zero attached hydrogens (tertiary/aromatic N) is 2. The summed E-state index contributed by atoms with van der Waals surface area (Å²) in [7, 11) is 0. The highest BCUT2D eigenvalue weighted by Gasteiger charge is 2.19. The monoisotopic (exact) mass is 315 g/mol. The molecule has 0 aliphatic carbocycles.